The fourth-order valence-electron chi connectivity index (χ4n) is 2.92. The van der Waals surface area contributed by atoms with Crippen LogP contribution < -0.4 is 10.6 Å². The molecule has 2 N–H and O–H groups in total. The van der Waals surface area contributed by atoms with Gasteiger partial charge < -0.3 is 15.4 Å². The summed E-state index contributed by atoms with van der Waals surface area (Å²) in [5.74, 6) is 0.901. The second kappa shape index (κ2) is 5.92. The summed E-state index contributed by atoms with van der Waals surface area (Å²) in [6.45, 7) is 0.919. The Kier molecular flexibility index (Phi) is 4.03. The van der Waals surface area contributed by atoms with Crippen LogP contribution in [-0.2, 0) is 11.2 Å². The van der Waals surface area contributed by atoms with Crippen LogP contribution in [0.2, 0.25) is 0 Å². The summed E-state index contributed by atoms with van der Waals surface area (Å²) in [5, 5.41) is 9.00. The molecule has 0 aromatic carbocycles. The maximum Gasteiger partial charge on any atom is 0.191 e. The number of aliphatic imine (C=N–C) groups is 1. The van der Waals surface area contributed by atoms with Gasteiger partial charge in [-0.15, -0.1) is 11.3 Å². The average molecular weight is 279 g/mol. The van der Waals surface area contributed by atoms with E-state index in [-0.39, 0.29) is 0 Å². The fraction of sp³-hybridized carbons (Fsp3) is 0.643. The lowest BCUT2D eigenvalue weighted by molar-refractivity contribution is 0.0992. The molecule has 2 aliphatic heterocycles. The number of hydrogen-bond donors (Lipinski definition) is 2. The third-order valence-electron chi connectivity index (χ3n) is 3.90. The molecule has 2 bridgehead atoms. The van der Waals surface area contributed by atoms with Gasteiger partial charge in [-0.1, -0.05) is 6.07 Å². The highest BCUT2D eigenvalue weighted by Crippen LogP contribution is 2.34. The van der Waals surface area contributed by atoms with E-state index in [4.69, 9.17) is 4.74 Å². The Bertz CT molecular complexity index is 432. The van der Waals surface area contributed by atoms with Crippen molar-refractivity contribution in [2.45, 2.75) is 43.9 Å². The molecular formula is C14H21N3OS. The van der Waals surface area contributed by atoms with Crippen LogP contribution in [0.1, 0.15) is 24.1 Å². The number of hydrogen-bond acceptors (Lipinski definition) is 3. The van der Waals surface area contributed by atoms with Crippen molar-refractivity contribution in [3.05, 3.63) is 22.4 Å². The Hall–Kier alpha value is -1.07. The molecule has 0 radical (unpaired) electrons. The molecule has 2 aliphatic rings. The quantitative estimate of drug-likeness (QED) is 0.652. The number of rotatable bonds is 4. The summed E-state index contributed by atoms with van der Waals surface area (Å²) in [6, 6.07) is 4.71. The Morgan fingerprint density at radius 2 is 2.47 bits per heavy atom. The molecule has 4 nitrogen and oxygen atoms in total. The number of thiophene rings is 1. The fourth-order valence-corrected chi connectivity index (χ4v) is 3.63. The molecule has 2 saturated heterocycles. The van der Waals surface area contributed by atoms with Gasteiger partial charge in [-0.05, 0) is 37.1 Å². The highest BCUT2D eigenvalue weighted by molar-refractivity contribution is 7.09. The molecule has 1 aromatic heterocycles. The van der Waals surface area contributed by atoms with Crippen molar-refractivity contribution in [2.24, 2.45) is 4.99 Å². The van der Waals surface area contributed by atoms with Crippen molar-refractivity contribution in [1.29, 1.82) is 0 Å². The molecule has 0 saturated carbocycles. The highest BCUT2D eigenvalue weighted by atomic mass is 32.1. The summed E-state index contributed by atoms with van der Waals surface area (Å²) in [5.41, 5.74) is 0. The van der Waals surface area contributed by atoms with Gasteiger partial charge >= 0.3 is 0 Å². The molecule has 0 spiro atoms. The predicted molar refractivity (Wildman–Crippen MR) is 78.8 cm³/mol. The van der Waals surface area contributed by atoms with Crippen molar-refractivity contribution >= 4 is 17.3 Å². The molecule has 104 valence electrons. The van der Waals surface area contributed by atoms with E-state index in [1.165, 1.54) is 17.7 Å². The average Bonchev–Trinajstić information content (AvgIpc) is 3.14. The Morgan fingerprint density at radius 3 is 3.11 bits per heavy atom. The van der Waals surface area contributed by atoms with Gasteiger partial charge in [0.05, 0.1) is 18.2 Å². The van der Waals surface area contributed by atoms with E-state index in [0.717, 1.165) is 25.3 Å². The van der Waals surface area contributed by atoms with Gasteiger partial charge in [-0.25, -0.2) is 0 Å². The number of nitrogens with one attached hydrogen (secondary N) is 2. The second-order valence-corrected chi connectivity index (χ2v) is 6.22. The van der Waals surface area contributed by atoms with Crippen molar-refractivity contribution in [2.75, 3.05) is 13.6 Å². The zero-order valence-corrected chi connectivity index (χ0v) is 12.1. The van der Waals surface area contributed by atoms with Crippen LogP contribution in [0.3, 0.4) is 0 Å². The maximum absolute atomic E-state index is 5.85. The zero-order valence-electron chi connectivity index (χ0n) is 11.3. The van der Waals surface area contributed by atoms with Gasteiger partial charge in [0.1, 0.15) is 0 Å². The van der Waals surface area contributed by atoms with Crippen LogP contribution in [0.15, 0.2) is 22.5 Å². The van der Waals surface area contributed by atoms with Crippen molar-refractivity contribution < 1.29 is 4.74 Å². The van der Waals surface area contributed by atoms with E-state index in [9.17, 15) is 0 Å². The topological polar surface area (TPSA) is 45.7 Å². The van der Waals surface area contributed by atoms with Crippen LogP contribution in [0, 0.1) is 0 Å². The molecule has 1 aromatic rings. The van der Waals surface area contributed by atoms with Gasteiger partial charge in [0.15, 0.2) is 5.96 Å². The summed E-state index contributed by atoms with van der Waals surface area (Å²) in [7, 11) is 1.83. The van der Waals surface area contributed by atoms with Crippen molar-refractivity contribution in [3.8, 4) is 0 Å². The molecule has 0 aliphatic carbocycles. The molecule has 19 heavy (non-hydrogen) atoms. The lowest BCUT2D eigenvalue weighted by Crippen LogP contribution is -2.47. The van der Waals surface area contributed by atoms with Crippen LogP contribution in [0.5, 0.6) is 0 Å². The minimum absolute atomic E-state index is 0.390. The van der Waals surface area contributed by atoms with E-state index in [2.05, 4.69) is 33.1 Å². The lowest BCUT2D eigenvalue weighted by Gasteiger charge is -2.22. The van der Waals surface area contributed by atoms with Crippen LogP contribution >= 0.6 is 11.3 Å². The molecule has 2 fully saturated rings. The van der Waals surface area contributed by atoms with Gasteiger partial charge in [-0.2, -0.15) is 0 Å². The monoisotopic (exact) mass is 279 g/mol. The molecule has 3 unspecified atom stereocenters. The first kappa shape index (κ1) is 12.9. The van der Waals surface area contributed by atoms with Gasteiger partial charge in [-0.3, -0.25) is 4.99 Å². The Labute approximate surface area is 118 Å². The standard InChI is InChI=1S/C14H21N3OS/c1-15-14(16-7-6-11-3-2-8-19-11)17-12-9-10-4-5-13(12)18-10/h2-3,8,10,12-13H,4-7,9H2,1H3,(H2,15,16,17). The molecule has 3 rings (SSSR count). The van der Waals surface area contributed by atoms with Gasteiger partial charge in [0.2, 0.25) is 0 Å². The zero-order chi connectivity index (χ0) is 13.1. The van der Waals surface area contributed by atoms with Crippen LogP contribution in [0.25, 0.3) is 0 Å². The van der Waals surface area contributed by atoms with E-state index >= 15 is 0 Å². The first-order chi connectivity index (χ1) is 9.35. The van der Waals surface area contributed by atoms with Crippen molar-refractivity contribution in [3.63, 3.8) is 0 Å². The third kappa shape index (κ3) is 3.09. The molecule has 5 heteroatoms. The van der Waals surface area contributed by atoms with E-state index in [1.54, 1.807) is 11.3 Å². The number of fused-ring (bicyclic) bond motifs is 2. The Morgan fingerprint density at radius 1 is 1.53 bits per heavy atom. The largest absolute Gasteiger partial charge is 0.373 e. The van der Waals surface area contributed by atoms with Crippen LogP contribution in [0.4, 0.5) is 0 Å². The van der Waals surface area contributed by atoms with E-state index in [0.29, 0.717) is 18.2 Å². The first-order valence-electron chi connectivity index (χ1n) is 7.00. The number of nitrogens with zero attached hydrogens (tertiary/aromatic N) is 1. The lowest BCUT2D eigenvalue weighted by atomic mass is 9.96. The Balaban J connectivity index is 1.43. The first-order valence-corrected chi connectivity index (χ1v) is 7.88. The number of guanidine groups is 1. The normalized spacial score (nSPS) is 29.7. The smallest absolute Gasteiger partial charge is 0.191 e. The minimum atomic E-state index is 0.390. The SMILES string of the molecule is CN=C(NCCc1cccs1)NC1CC2CCC1O2. The van der Waals surface area contributed by atoms with Gasteiger partial charge in [0, 0.05) is 18.5 Å². The molecular weight excluding hydrogens is 258 g/mol. The summed E-state index contributed by atoms with van der Waals surface area (Å²) < 4.78 is 5.85. The number of ether oxygens (including phenoxy) is 1. The van der Waals surface area contributed by atoms with Crippen molar-refractivity contribution in [1.82, 2.24) is 10.6 Å². The minimum Gasteiger partial charge on any atom is -0.373 e. The third-order valence-corrected chi connectivity index (χ3v) is 4.83. The second-order valence-electron chi connectivity index (χ2n) is 5.19. The van der Waals surface area contributed by atoms with Crippen LogP contribution in [-0.4, -0.2) is 37.8 Å². The molecule has 3 heterocycles. The summed E-state index contributed by atoms with van der Waals surface area (Å²) >= 11 is 1.80. The van der Waals surface area contributed by atoms with Gasteiger partial charge in [0.25, 0.3) is 0 Å². The summed E-state index contributed by atoms with van der Waals surface area (Å²) in [6.07, 6.45) is 5.46. The summed E-state index contributed by atoms with van der Waals surface area (Å²) in [4.78, 5) is 5.70. The predicted octanol–water partition coefficient (Wildman–Crippen LogP) is 1.78. The highest BCUT2D eigenvalue weighted by Gasteiger charge is 2.40. The van der Waals surface area contributed by atoms with E-state index in [1.807, 2.05) is 7.05 Å². The molecule has 0 amide bonds. The molecule has 3 atom stereocenters. The maximum atomic E-state index is 5.85. The van der Waals surface area contributed by atoms with E-state index < -0.39 is 0 Å².